The lowest BCUT2D eigenvalue weighted by atomic mass is 10.2. The van der Waals surface area contributed by atoms with E-state index in [1.807, 2.05) is 13.8 Å². The number of anilines is 1. The van der Waals surface area contributed by atoms with E-state index in [1.165, 1.54) is 12.1 Å². The second-order valence-electron chi connectivity index (χ2n) is 4.67. The van der Waals surface area contributed by atoms with E-state index >= 15 is 0 Å². The summed E-state index contributed by atoms with van der Waals surface area (Å²) < 4.78 is 13.2. The van der Waals surface area contributed by atoms with Crippen molar-refractivity contribution in [2.45, 2.75) is 26.7 Å². The third-order valence-electron chi connectivity index (χ3n) is 2.55. The number of halogens is 1. The Bertz CT molecular complexity index is 586. The van der Waals surface area contributed by atoms with Crippen molar-refractivity contribution >= 4 is 11.6 Å². The first-order valence-corrected chi connectivity index (χ1v) is 5.96. The van der Waals surface area contributed by atoms with Crippen molar-refractivity contribution in [1.82, 2.24) is 15.2 Å². The molecule has 0 unspecified atom stereocenters. The number of hydrogen-bond acceptors (Lipinski definition) is 3. The molecule has 0 radical (unpaired) electrons. The minimum Gasteiger partial charge on any atom is -0.319 e. The Morgan fingerprint density at radius 1 is 1.37 bits per heavy atom. The van der Waals surface area contributed by atoms with Crippen LogP contribution in [0.2, 0.25) is 0 Å². The van der Waals surface area contributed by atoms with Crippen LogP contribution in [-0.4, -0.2) is 21.1 Å². The molecule has 0 aliphatic heterocycles. The number of benzene rings is 1. The molecule has 2 aromatic rings. The van der Waals surface area contributed by atoms with E-state index < -0.39 is 11.7 Å². The molecule has 0 aliphatic carbocycles. The smallest absolute Gasteiger partial charge is 0.295 e. The van der Waals surface area contributed by atoms with E-state index in [4.69, 9.17) is 0 Å². The molecule has 0 bridgehead atoms. The van der Waals surface area contributed by atoms with Gasteiger partial charge in [0.25, 0.3) is 5.91 Å². The number of carbonyl (C=O) groups excluding carboxylic acids is 1. The SMILES string of the molecule is Cc1cc(F)cc(NC(=O)c2n[nH]c(C(C)C)n2)c1. The normalized spacial score (nSPS) is 10.8. The van der Waals surface area contributed by atoms with Gasteiger partial charge in [0.2, 0.25) is 5.82 Å². The van der Waals surface area contributed by atoms with Crippen molar-refractivity contribution in [3.63, 3.8) is 0 Å². The predicted octanol–water partition coefficient (Wildman–Crippen LogP) is 2.63. The van der Waals surface area contributed by atoms with Gasteiger partial charge in [-0.1, -0.05) is 13.8 Å². The molecule has 1 amide bonds. The molecule has 19 heavy (non-hydrogen) atoms. The number of carbonyl (C=O) groups is 1. The van der Waals surface area contributed by atoms with E-state index in [-0.39, 0.29) is 11.7 Å². The molecule has 5 nitrogen and oxygen atoms in total. The summed E-state index contributed by atoms with van der Waals surface area (Å²) in [6, 6.07) is 4.32. The van der Waals surface area contributed by atoms with Crippen LogP contribution in [-0.2, 0) is 0 Å². The lowest BCUT2D eigenvalue weighted by Crippen LogP contribution is -2.14. The fourth-order valence-electron chi connectivity index (χ4n) is 1.63. The summed E-state index contributed by atoms with van der Waals surface area (Å²) in [5, 5.41) is 9.10. The highest BCUT2D eigenvalue weighted by Gasteiger charge is 2.14. The van der Waals surface area contributed by atoms with Crippen LogP contribution in [0.25, 0.3) is 0 Å². The highest BCUT2D eigenvalue weighted by atomic mass is 19.1. The first-order valence-electron chi connectivity index (χ1n) is 5.96. The lowest BCUT2D eigenvalue weighted by molar-refractivity contribution is 0.101. The fraction of sp³-hybridized carbons (Fsp3) is 0.308. The van der Waals surface area contributed by atoms with Gasteiger partial charge in [0.15, 0.2) is 0 Å². The summed E-state index contributed by atoms with van der Waals surface area (Å²) in [6.07, 6.45) is 0. The lowest BCUT2D eigenvalue weighted by Gasteiger charge is -2.04. The molecule has 0 saturated carbocycles. The van der Waals surface area contributed by atoms with Crippen LogP contribution in [0.4, 0.5) is 10.1 Å². The Morgan fingerprint density at radius 2 is 2.11 bits per heavy atom. The van der Waals surface area contributed by atoms with Crippen molar-refractivity contribution in [2.75, 3.05) is 5.32 Å². The first kappa shape index (κ1) is 13.2. The third kappa shape index (κ3) is 3.15. The Kier molecular flexibility index (Phi) is 3.59. The van der Waals surface area contributed by atoms with Crippen molar-refractivity contribution in [1.29, 1.82) is 0 Å². The molecule has 0 saturated heterocycles. The van der Waals surface area contributed by atoms with Gasteiger partial charge in [-0.2, -0.15) is 0 Å². The third-order valence-corrected chi connectivity index (χ3v) is 2.55. The number of aromatic nitrogens is 3. The van der Waals surface area contributed by atoms with Gasteiger partial charge in [-0.15, -0.1) is 5.10 Å². The molecule has 2 rings (SSSR count). The summed E-state index contributed by atoms with van der Waals surface area (Å²) in [4.78, 5) is 16.0. The van der Waals surface area contributed by atoms with Gasteiger partial charge in [0, 0.05) is 11.6 Å². The first-order chi connectivity index (χ1) is 8.95. The minimum atomic E-state index is -0.465. The van der Waals surface area contributed by atoms with Gasteiger partial charge in [0.05, 0.1) is 0 Å². The Labute approximate surface area is 110 Å². The highest BCUT2D eigenvalue weighted by Crippen LogP contribution is 2.14. The Hall–Kier alpha value is -2.24. The maximum Gasteiger partial charge on any atom is 0.295 e. The number of amides is 1. The van der Waals surface area contributed by atoms with E-state index in [2.05, 4.69) is 20.5 Å². The van der Waals surface area contributed by atoms with Crippen molar-refractivity contribution < 1.29 is 9.18 Å². The molecule has 1 aromatic heterocycles. The van der Waals surface area contributed by atoms with Crippen molar-refractivity contribution in [3.8, 4) is 0 Å². The zero-order valence-electron chi connectivity index (χ0n) is 11.0. The summed E-state index contributed by atoms with van der Waals surface area (Å²) in [6.45, 7) is 5.64. The summed E-state index contributed by atoms with van der Waals surface area (Å²) in [7, 11) is 0. The van der Waals surface area contributed by atoms with Crippen LogP contribution in [0.15, 0.2) is 18.2 Å². The monoisotopic (exact) mass is 262 g/mol. The maximum absolute atomic E-state index is 13.2. The van der Waals surface area contributed by atoms with Crippen LogP contribution in [0.1, 0.15) is 41.8 Å². The standard InChI is InChI=1S/C13H15FN4O/c1-7(2)11-16-12(18-17-11)13(19)15-10-5-8(3)4-9(14)6-10/h4-7H,1-3H3,(H,15,19)(H,16,17,18). The number of hydrogen-bond donors (Lipinski definition) is 2. The second kappa shape index (κ2) is 5.17. The van der Waals surface area contributed by atoms with Crippen LogP contribution >= 0.6 is 0 Å². The molecule has 100 valence electrons. The van der Waals surface area contributed by atoms with E-state index in [0.29, 0.717) is 11.5 Å². The molecule has 0 spiro atoms. The van der Waals surface area contributed by atoms with E-state index in [0.717, 1.165) is 5.56 Å². The largest absolute Gasteiger partial charge is 0.319 e. The van der Waals surface area contributed by atoms with E-state index in [9.17, 15) is 9.18 Å². The van der Waals surface area contributed by atoms with Gasteiger partial charge >= 0.3 is 0 Å². The van der Waals surface area contributed by atoms with Gasteiger partial charge < -0.3 is 5.32 Å². The van der Waals surface area contributed by atoms with Gasteiger partial charge in [-0.05, 0) is 30.7 Å². The zero-order chi connectivity index (χ0) is 14.0. The Balaban J connectivity index is 2.15. The molecule has 6 heteroatoms. The van der Waals surface area contributed by atoms with Crippen molar-refractivity contribution in [2.24, 2.45) is 0 Å². The van der Waals surface area contributed by atoms with Crippen LogP contribution < -0.4 is 5.32 Å². The van der Waals surface area contributed by atoms with Gasteiger partial charge in [-0.3, -0.25) is 9.89 Å². The van der Waals surface area contributed by atoms with Crippen LogP contribution in [0.3, 0.4) is 0 Å². The highest BCUT2D eigenvalue weighted by molar-refractivity contribution is 6.01. The molecule has 1 heterocycles. The average Bonchev–Trinajstić information content (AvgIpc) is 2.76. The van der Waals surface area contributed by atoms with E-state index in [1.54, 1.807) is 13.0 Å². The van der Waals surface area contributed by atoms with Gasteiger partial charge in [-0.25, -0.2) is 9.37 Å². The topological polar surface area (TPSA) is 70.7 Å². The number of aryl methyl sites for hydroxylation is 1. The number of rotatable bonds is 3. The van der Waals surface area contributed by atoms with Gasteiger partial charge in [0.1, 0.15) is 11.6 Å². The fourth-order valence-corrected chi connectivity index (χ4v) is 1.63. The summed E-state index contributed by atoms with van der Waals surface area (Å²) in [5.41, 5.74) is 1.12. The molecular weight excluding hydrogens is 247 g/mol. The number of nitrogens with zero attached hydrogens (tertiary/aromatic N) is 2. The minimum absolute atomic E-state index is 0.0469. The molecule has 1 aromatic carbocycles. The van der Waals surface area contributed by atoms with Crippen LogP contribution in [0.5, 0.6) is 0 Å². The average molecular weight is 262 g/mol. The number of aromatic amines is 1. The zero-order valence-corrected chi connectivity index (χ0v) is 11.0. The molecule has 0 atom stereocenters. The summed E-state index contributed by atoms with van der Waals surface area (Å²) >= 11 is 0. The number of nitrogens with one attached hydrogen (secondary N) is 2. The molecular formula is C13H15FN4O. The number of H-pyrrole nitrogens is 1. The maximum atomic E-state index is 13.2. The summed E-state index contributed by atoms with van der Waals surface area (Å²) in [5.74, 6) is -0.0158. The quantitative estimate of drug-likeness (QED) is 0.893. The molecule has 0 aliphatic rings. The predicted molar refractivity (Wildman–Crippen MR) is 69.6 cm³/mol. The second-order valence-corrected chi connectivity index (χ2v) is 4.67. The molecule has 0 fully saturated rings. The van der Waals surface area contributed by atoms with Crippen LogP contribution in [0, 0.1) is 12.7 Å². The Morgan fingerprint density at radius 3 is 2.68 bits per heavy atom. The molecule has 2 N–H and O–H groups in total. The van der Waals surface area contributed by atoms with Crippen molar-refractivity contribution in [3.05, 3.63) is 41.2 Å².